The van der Waals surface area contributed by atoms with Gasteiger partial charge in [0, 0.05) is 12.6 Å². The molecule has 0 saturated heterocycles. The zero-order valence-electron chi connectivity index (χ0n) is 16.7. The number of halogens is 1. The smallest absolute Gasteiger partial charge is 0.271 e. The topological polar surface area (TPSA) is 70.7 Å². The maximum absolute atomic E-state index is 12.5. The van der Waals surface area contributed by atoms with Gasteiger partial charge in [-0.1, -0.05) is 35.9 Å². The maximum atomic E-state index is 12.5. The molecule has 0 heterocycles. The lowest BCUT2D eigenvalue weighted by atomic mass is 10.1. The van der Waals surface area contributed by atoms with E-state index in [1.807, 2.05) is 24.3 Å². The molecule has 29 heavy (non-hydrogen) atoms. The molecule has 0 bridgehead atoms. The molecular formula is C22H26ClN3O3. The number of rotatable bonds is 8. The normalized spacial score (nSPS) is 14.3. The molecule has 0 spiro atoms. The summed E-state index contributed by atoms with van der Waals surface area (Å²) in [6.45, 7) is 2.98. The fourth-order valence-electron chi connectivity index (χ4n) is 3.25. The second kappa shape index (κ2) is 9.76. The van der Waals surface area contributed by atoms with Gasteiger partial charge in [-0.15, -0.1) is 0 Å². The number of carbonyl (C=O) groups excluding carboxylic acids is 2. The number of ether oxygens (including phenoxy) is 1. The van der Waals surface area contributed by atoms with E-state index in [1.54, 1.807) is 31.4 Å². The summed E-state index contributed by atoms with van der Waals surface area (Å²) in [7, 11) is 1.64. The monoisotopic (exact) mass is 415 g/mol. The quantitative estimate of drug-likeness (QED) is 0.648. The zero-order valence-corrected chi connectivity index (χ0v) is 17.4. The summed E-state index contributed by atoms with van der Waals surface area (Å²) < 4.78 is 5.21. The molecular weight excluding hydrogens is 390 g/mol. The molecule has 6 nitrogen and oxygen atoms in total. The molecule has 0 aliphatic heterocycles. The number of benzene rings is 2. The number of nitrogens with one attached hydrogen (secondary N) is 2. The number of hydrazine groups is 1. The van der Waals surface area contributed by atoms with E-state index in [4.69, 9.17) is 16.3 Å². The van der Waals surface area contributed by atoms with Crippen LogP contribution in [0.3, 0.4) is 0 Å². The highest BCUT2D eigenvalue weighted by Crippen LogP contribution is 2.35. The molecule has 0 aromatic heterocycles. The van der Waals surface area contributed by atoms with Gasteiger partial charge in [-0.2, -0.15) is 0 Å². The summed E-state index contributed by atoms with van der Waals surface area (Å²) >= 11 is 6.02. The van der Waals surface area contributed by atoms with Gasteiger partial charge in [0.05, 0.1) is 24.2 Å². The fraction of sp³-hybridized carbons (Fsp3) is 0.364. The van der Waals surface area contributed by atoms with Crippen LogP contribution in [0.25, 0.3) is 0 Å². The van der Waals surface area contributed by atoms with Gasteiger partial charge < -0.3 is 4.74 Å². The highest BCUT2D eigenvalue weighted by molar-refractivity contribution is 6.33. The van der Waals surface area contributed by atoms with Crippen LogP contribution in [0.2, 0.25) is 5.02 Å². The van der Waals surface area contributed by atoms with E-state index in [2.05, 4.69) is 22.7 Å². The molecule has 1 saturated carbocycles. The molecule has 1 fully saturated rings. The van der Waals surface area contributed by atoms with Crippen molar-refractivity contribution in [1.82, 2.24) is 15.8 Å². The van der Waals surface area contributed by atoms with Gasteiger partial charge in [0.1, 0.15) is 5.75 Å². The van der Waals surface area contributed by atoms with Crippen molar-refractivity contribution < 1.29 is 14.3 Å². The van der Waals surface area contributed by atoms with Crippen LogP contribution in [0.1, 0.15) is 35.7 Å². The lowest BCUT2D eigenvalue weighted by Gasteiger charge is -2.28. The Hall–Kier alpha value is -2.57. The SMILES string of the molecule is COc1ccc(CN(CC(=O)NNC(=O)c2ccccc2Cl)C(C)C2CC2)cc1. The molecule has 2 aromatic rings. The first-order valence-electron chi connectivity index (χ1n) is 9.68. The Balaban J connectivity index is 1.58. The van der Waals surface area contributed by atoms with E-state index in [0.717, 1.165) is 11.3 Å². The standard InChI is InChI=1S/C22H26ClN3O3/c1-15(17-9-10-17)26(13-16-7-11-18(29-2)12-8-16)14-21(27)24-25-22(28)19-5-3-4-6-20(19)23/h3-8,11-12,15,17H,9-10,13-14H2,1-2H3,(H,24,27)(H,25,28). The summed E-state index contributed by atoms with van der Waals surface area (Å²) in [6, 6.07) is 14.8. The predicted octanol–water partition coefficient (Wildman–Crippen LogP) is 3.41. The Morgan fingerprint density at radius 1 is 1.14 bits per heavy atom. The lowest BCUT2D eigenvalue weighted by Crippen LogP contribution is -2.48. The van der Waals surface area contributed by atoms with Crippen molar-refractivity contribution in [3.05, 3.63) is 64.7 Å². The average molecular weight is 416 g/mol. The summed E-state index contributed by atoms with van der Waals surface area (Å²) in [5.74, 6) is 0.696. The highest BCUT2D eigenvalue weighted by atomic mass is 35.5. The number of hydrogen-bond donors (Lipinski definition) is 2. The third-order valence-electron chi connectivity index (χ3n) is 5.21. The van der Waals surface area contributed by atoms with Crippen LogP contribution in [0, 0.1) is 5.92 Å². The molecule has 7 heteroatoms. The summed E-state index contributed by atoms with van der Waals surface area (Å²) in [5, 5.41) is 0.336. The van der Waals surface area contributed by atoms with E-state index in [-0.39, 0.29) is 18.5 Å². The molecule has 1 unspecified atom stereocenters. The summed E-state index contributed by atoms with van der Waals surface area (Å²) in [6.07, 6.45) is 2.37. The van der Waals surface area contributed by atoms with Crippen molar-refractivity contribution in [2.45, 2.75) is 32.4 Å². The van der Waals surface area contributed by atoms with Gasteiger partial charge in [0.15, 0.2) is 0 Å². The number of nitrogens with zero attached hydrogens (tertiary/aromatic N) is 1. The third-order valence-corrected chi connectivity index (χ3v) is 5.54. The fourth-order valence-corrected chi connectivity index (χ4v) is 3.47. The van der Waals surface area contributed by atoms with Crippen molar-refractivity contribution >= 4 is 23.4 Å². The van der Waals surface area contributed by atoms with E-state index in [9.17, 15) is 9.59 Å². The minimum absolute atomic E-state index is 0.187. The van der Waals surface area contributed by atoms with Crippen molar-refractivity contribution in [2.24, 2.45) is 5.92 Å². The Bertz CT molecular complexity index is 853. The first kappa shape index (κ1) is 21.1. The highest BCUT2D eigenvalue weighted by Gasteiger charge is 2.32. The van der Waals surface area contributed by atoms with Gasteiger partial charge in [-0.3, -0.25) is 25.3 Å². The second-order valence-corrected chi connectivity index (χ2v) is 7.72. The molecule has 1 aliphatic rings. The van der Waals surface area contributed by atoms with Crippen LogP contribution in [-0.4, -0.2) is 36.4 Å². The Labute approximate surface area is 176 Å². The number of methoxy groups -OCH3 is 1. The van der Waals surface area contributed by atoms with Crippen LogP contribution in [0.15, 0.2) is 48.5 Å². The van der Waals surface area contributed by atoms with E-state index >= 15 is 0 Å². The molecule has 0 radical (unpaired) electrons. The Morgan fingerprint density at radius 3 is 2.45 bits per heavy atom. The van der Waals surface area contributed by atoms with Gasteiger partial charge in [-0.05, 0) is 55.5 Å². The van der Waals surface area contributed by atoms with Gasteiger partial charge in [0.25, 0.3) is 11.8 Å². The maximum Gasteiger partial charge on any atom is 0.271 e. The Kier molecular flexibility index (Phi) is 7.12. The second-order valence-electron chi connectivity index (χ2n) is 7.31. The van der Waals surface area contributed by atoms with Gasteiger partial charge in [0.2, 0.25) is 0 Å². The number of amides is 2. The molecule has 2 N–H and O–H groups in total. The van der Waals surface area contributed by atoms with Crippen molar-refractivity contribution in [3.63, 3.8) is 0 Å². The first-order chi connectivity index (χ1) is 14.0. The van der Waals surface area contributed by atoms with Crippen LogP contribution >= 0.6 is 11.6 Å². The first-order valence-corrected chi connectivity index (χ1v) is 10.1. The Morgan fingerprint density at radius 2 is 1.83 bits per heavy atom. The van der Waals surface area contributed by atoms with Crippen molar-refractivity contribution in [2.75, 3.05) is 13.7 Å². The number of carbonyl (C=O) groups is 2. The molecule has 3 rings (SSSR count). The van der Waals surface area contributed by atoms with Gasteiger partial charge in [-0.25, -0.2) is 0 Å². The van der Waals surface area contributed by atoms with Crippen LogP contribution in [0.5, 0.6) is 5.75 Å². The molecule has 154 valence electrons. The summed E-state index contributed by atoms with van der Waals surface area (Å²) in [4.78, 5) is 26.9. The summed E-state index contributed by atoms with van der Waals surface area (Å²) in [5.41, 5.74) is 6.36. The zero-order chi connectivity index (χ0) is 20.8. The largest absolute Gasteiger partial charge is 0.497 e. The van der Waals surface area contributed by atoms with E-state index < -0.39 is 5.91 Å². The molecule has 2 aromatic carbocycles. The minimum Gasteiger partial charge on any atom is -0.497 e. The molecule has 2 amide bonds. The van der Waals surface area contributed by atoms with Crippen LogP contribution < -0.4 is 15.6 Å². The molecule has 1 aliphatic carbocycles. The lowest BCUT2D eigenvalue weighted by molar-refractivity contribution is -0.123. The van der Waals surface area contributed by atoms with Crippen LogP contribution in [-0.2, 0) is 11.3 Å². The predicted molar refractivity (Wildman–Crippen MR) is 113 cm³/mol. The van der Waals surface area contributed by atoms with Gasteiger partial charge >= 0.3 is 0 Å². The average Bonchev–Trinajstić information content (AvgIpc) is 3.57. The van der Waals surface area contributed by atoms with E-state index in [0.29, 0.717) is 23.0 Å². The van der Waals surface area contributed by atoms with Crippen molar-refractivity contribution in [3.8, 4) is 5.75 Å². The van der Waals surface area contributed by atoms with E-state index in [1.165, 1.54) is 12.8 Å². The van der Waals surface area contributed by atoms with Crippen molar-refractivity contribution in [1.29, 1.82) is 0 Å². The third kappa shape index (κ3) is 5.95. The molecule has 1 atom stereocenters. The minimum atomic E-state index is -0.444. The number of hydrogen-bond acceptors (Lipinski definition) is 4. The van der Waals surface area contributed by atoms with Crippen LogP contribution in [0.4, 0.5) is 0 Å².